The van der Waals surface area contributed by atoms with E-state index >= 15 is 0 Å². The van der Waals surface area contributed by atoms with Crippen LogP contribution in [0.5, 0.6) is 0 Å². The normalized spacial score (nSPS) is 25.5. The molecule has 0 bridgehead atoms. The van der Waals surface area contributed by atoms with Gasteiger partial charge in [-0.3, -0.25) is 4.90 Å². The Kier molecular flexibility index (Phi) is 5.49. The van der Waals surface area contributed by atoms with Crippen LogP contribution >= 0.6 is 0 Å². The van der Waals surface area contributed by atoms with Gasteiger partial charge in [0.25, 0.3) is 0 Å². The lowest BCUT2D eigenvalue weighted by Crippen LogP contribution is -2.46. The lowest BCUT2D eigenvalue weighted by atomic mass is 9.91. The van der Waals surface area contributed by atoms with Gasteiger partial charge in [-0.2, -0.15) is 0 Å². The van der Waals surface area contributed by atoms with E-state index < -0.39 is 18.3 Å². The van der Waals surface area contributed by atoms with Crippen LogP contribution in [0.4, 0.5) is 4.79 Å². The molecule has 140 valence electrons. The monoisotopic (exact) mass is 359 g/mol. The highest BCUT2D eigenvalue weighted by atomic mass is 16.6. The van der Waals surface area contributed by atoms with E-state index in [0.29, 0.717) is 18.9 Å². The summed E-state index contributed by atoms with van der Waals surface area (Å²) >= 11 is 0. The summed E-state index contributed by atoms with van der Waals surface area (Å²) in [6, 6.07) is 9.82. The van der Waals surface area contributed by atoms with E-state index in [9.17, 15) is 9.59 Å². The van der Waals surface area contributed by atoms with Gasteiger partial charge >= 0.3 is 12.1 Å². The molecule has 1 amide bonds. The third-order valence-corrected chi connectivity index (χ3v) is 4.74. The molecule has 1 aromatic rings. The van der Waals surface area contributed by atoms with Gasteiger partial charge in [-0.15, -0.1) is 0 Å². The van der Waals surface area contributed by atoms with Gasteiger partial charge in [0.05, 0.1) is 13.2 Å². The van der Waals surface area contributed by atoms with Crippen LogP contribution in [-0.2, 0) is 19.0 Å². The fourth-order valence-corrected chi connectivity index (χ4v) is 3.57. The summed E-state index contributed by atoms with van der Waals surface area (Å²) < 4.78 is 16.0. The van der Waals surface area contributed by atoms with Crippen molar-refractivity contribution in [2.45, 2.75) is 44.9 Å². The van der Waals surface area contributed by atoms with Crippen molar-refractivity contribution in [2.24, 2.45) is 5.92 Å². The van der Waals surface area contributed by atoms with Gasteiger partial charge in [0.1, 0.15) is 6.61 Å². The summed E-state index contributed by atoms with van der Waals surface area (Å²) in [6.07, 6.45) is 2.21. The molecule has 1 aromatic carbocycles. The van der Waals surface area contributed by atoms with Crippen molar-refractivity contribution in [1.82, 2.24) is 4.90 Å². The molecule has 0 aliphatic carbocycles. The second-order valence-electron chi connectivity index (χ2n) is 7.12. The Hall–Kier alpha value is -2.50. The van der Waals surface area contributed by atoms with E-state index in [1.54, 1.807) is 11.0 Å². The van der Waals surface area contributed by atoms with Crippen molar-refractivity contribution in [3.8, 4) is 0 Å². The first-order valence-corrected chi connectivity index (χ1v) is 8.96. The molecule has 1 saturated heterocycles. The Balaban J connectivity index is 1.89. The number of nitrogens with zero attached hydrogens (tertiary/aromatic N) is 1. The number of hydrogen-bond donors (Lipinski definition) is 0. The van der Waals surface area contributed by atoms with E-state index in [4.69, 9.17) is 14.2 Å². The average Bonchev–Trinajstić information content (AvgIpc) is 3.00. The van der Waals surface area contributed by atoms with Crippen molar-refractivity contribution in [2.75, 3.05) is 13.7 Å². The largest absolute Gasteiger partial charge is 0.463 e. The Labute approximate surface area is 153 Å². The molecule has 2 aliphatic rings. The molecule has 0 saturated carbocycles. The predicted octanol–water partition coefficient (Wildman–Crippen LogP) is 3.44. The number of ether oxygens (including phenoxy) is 3. The van der Waals surface area contributed by atoms with E-state index in [-0.39, 0.29) is 17.7 Å². The zero-order valence-corrected chi connectivity index (χ0v) is 15.4. The van der Waals surface area contributed by atoms with Gasteiger partial charge < -0.3 is 14.2 Å². The summed E-state index contributed by atoms with van der Waals surface area (Å²) in [4.78, 5) is 26.1. The van der Waals surface area contributed by atoms with Gasteiger partial charge in [0.15, 0.2) is 6.23 Å². The molecule has 26 heavy (non-hydrogen) atoms. The lowest BCUT2D eigenvalue weighted by molar-refractivity contribution is -0.144. The van der Waals surface area contributed by atoms with Crippen molar-refractivity contribution in [3.63, 3.8) is 0 Å². The first-order valence-electron chi connectivity index (χ1n) is 8.96. The fraction of sp³-hybridized carbons (Fsp3) is 0.500. The van der Waals surface area contributed by atoms with Gasteiger partial charge in [-0.1, -0.05) is 44.2 Å². The van der Waals surface area contributed by atoms with Crippen LogP contribution in [0.3, 0.4) is 0 Å². The number of methoxy groups -OCH3 is 1. The zero-order chi connectivity index (χ0) is 18.7. The maximum absolute atomic E-state index is 12.3. The Bertz CT molecular complexity index is 685. The Morgan fingerprint density at radius 3 is 2.69 bits per heavy atom. The minimum absolute atomic E-state index is 0.0443. The van der Waals surface area contributed by atoms with Gasteiger partial charge in [-0.25, -0.2) is 9.59 Å². The topological polar surface area (TPSA) is 65.1 Å². The first-order chi connectivity index (χ1) is 12.5. The third kappa shape index (κ3) is 3.84. The lowest BCUT2D eigenvalue weighted by Gasteiger charge is -2.36. The van der Waals surface area contributed by atoms with E-state index in [0.717, 1.165) is 12.0 Å². The molecule has 6 heteroatoms. The molecule has 2 heterocycles. The molecular formula is C20H25NO5. The zero-order valence-electron chi connectivity index (χ0n) is 15.4. The molecule has 0 spiro atoms. The Morgan fingerprint density at radius 2 is 2.04 bits per heavy atom. The molecule has 2 aliphatic heterocycles. The van der Waals surface area contributed by atoms with E-state index in [2.05, 4.69) is 13.8 Å². The predicted molar refractivity (Wildman–Crippen MR) is 95.2 cm³/mol. The summed E-state index contributed by atoms with van der Waals surface area (Å²) in [5, 5.41) is 0. The molecule has 6 nitrogen and oxygen atoms in total. The minimum Gasteiger partial charge on any atom is -0.463 e. The molecule has 0 N–H and O–H groups in total. The van der Waals surface area contributed by atoms with Crippen LogP contribution in [0, 0.1) is 5.92 Å². The second kappa shape index (κ2) is 7.81. The Morgan fingerprint density at radius 1 is 1.31 bits per heavy atom. The van der Waals surface area contributed by atoms with Gasteiger partial charge in [0, 0.05) is 12.3 Å². The highest BCUT2D eigenvalue weighted by Gasteiger charge is 2.43. The minimum atomic E-state index is -0.557. The van der Waals surface area contributed by atoms with E-state index in [1.165, 1.54) is 7.11 Å². The number of benzene rings is 1. The molecule has 0 unspecified atom stereocenters. The van der Waals surface area contributed by atoms with Crippen LogP contribution in [0.2, 0.25) is 0 Å². The van der Waals surface area contributed by atoms with Crippen LogP contribution in [0.1, 0.15) is 38.2 Å². The molecule has 0 radical (unpaired) electrons. The molecule has 3 atom stereocenters. The van der Waals surface area contributed by atoms with Gasteiger partial charge in [-0.05, 0) is 24.0 Å². The number of rotatable bonds is 5. The highest BCUT2D eigenvalue weighted by molar-refractivity contribution is 5.86. The SMILES string of the molecule is COC(=O)C1=C[C@@H](c2ccccc2)C[C@@H](N2C(=O)OC[C@@H]2CC(C)C)O1. The van der Waals surface area contributed by atoms with E-state index in [1.807, 2.05) is 30.3 Å². The average molecular weight is 359 g/mol. The summed E-state index contributed by atoms with van der Waals surface area (Å²) in [5.74, 6) is -0.0255. The standard InChI is InChI=1S/C20H25NO5/c1-13(2)9-16-12-25-20(23)21(16)18-11-15(14-7-5-4-6-8-14)10-17(26-18)19(22)24-3/h4-8,10,13,15-16,18H,9,11-12H2,1-3H3/t15-,16+,18+/m1/s1. The maximum Gasteiger partial charge on any atom is 0.413 e. The summed E-state index contributed by atoms with van der Waals surface area (Å²) in [5.41, 5.74) is 1.06. The third-order valence-electron chi connectivity index (χ3n) is 4.74. The highest BCUT2D eigenvalue weighted by Crippen LogP contribution is 2.35. The second-order valence-corrected chi connectivity index (χ2v) is 7.12. The van der Waals surface area contributed by atoms with Crippen LogP contribution < -0.4 is 0 Å². The number of amides is 1. The van der Waals surface area contributed by atoms with Gasteiger partial charge in [0.2, 0.25) is 5.76 Å². The molecule has 0 aromatic heterocycles. The number of cyclic esters (lactones) is 1. The summed E-state index contributed by atoms with van der Waals surface area (Å²) in [6.45, 7) is 4.56. The number of esters is 1. The fourth-order valence-electron chi connectivity index (χ4n) is 3.57. The van der Waals surface area contributed by atoms with Crippen LogP contribution in [0.25, 0.3) is 0 Å². The number of carbonyl (C=O) groups excluding carboxylic acids is 2. The maximum atomic E-state index is 12.3. The molecule has 1 fully saturated rings. The first kappa shape index (κ1) is 18.3. The number of hydrogen-bond acceptors (Lipinski definition) is 5. The van der Waals surface area contributed by atoms with Crippen molar-refractivity contribution in [1.29, 1.82) is 0 Å². The van der Waals surface area contributed by atoms with Crippen LogP contribution in [0.15, 0.2) is 42.2 Å². The van der Waals surface area contributed by atoms with Crippen LogP contribution in [-0.4, -0.2) is 42.9 Å². The smallest absolute Gasteiger partial charge is 0.413 e. The molecular weight excluding hydrogens is 334 g/mol. The van der Waals surface area contributed by atoms with Crippen molar-refractivity contribution >= 4 is 12.1 Å². The summed E-state index contributed by atoms with van der Waals surface area (Å²) in [7, 11) is 1.32. The van der Waals surface area contributed by atoms with Crippen molar-refractivity contribution < 1.29 is 23.8 Å². The van der Waals surface area contributed by atoms with Crippen molar-refractivity contribution in [3.05, 3.63) is 47.7 Å². The number of allylic oxidation sites excluding steroid dienone is 1. The number of carbonyl (C=O) groups is 2. The quantitative estimate of drug-likeness (QED) is 0.754. The molecule has 3 rings (SSSR count).